The van der Waals surface area contributed by atoms with Gasteiger partial charge >= 0.3 is 0 Å². The Hall–Kier alpha value is -0.570. The lowest BCUT2D eigenvalue weighted by Gasteiger charge is -2.26. The lowest BCUT2D eigenvalue weighted by molar-refractivity contribution is -0.122. The maximum Gasteiger partial charge on any atom is 0.220 e. The fraction of sp³-hybridized carbons (Fsp3) is 0.923. The van der Waals surface area contributed by atoms with Crippen LogP contribution in [0.2, 0.25) is 0 Å². The van der Waals surface area contributed by atoms with Crippen LogP contribution in [0.25, 0.3) is 0 Å². The predicted molar refractivity (Wildman–Crippen MR) is 67.4 cm³/mol. The van der Waals surface area contributed by atoms with Crippen molar-refractivity contribution < 1.29 is 4.79 Å². The SMILES string of the molecule is CC(C)(C)CC(=O)NCCN1CCCCC1. The summed E-state index contributed by atoms with van der Waals surface area (Å²) in [6.45, 7) is 10.5. The van der Waals surface area contributed by atoms with E-state index in [1.165, 1.54) is 32.4 Å². The van der Waals surface area contributed by atoms with Gasteiger partial charge in [0, 0.05) is 19.5 Å². The van der Waals surface area contributed by atoms with Crippen molar-refractivity contribution in [3.8, 4) is 0 Å². The molecule has 94 valence electrons. The largest absolute Gasteiger partial charge is 0.355 e. The standard InChI is InChI=1S/C13H26N2O/c1-13(2,3)11-12(16)14-7-10-15-8-5-4-6-9-15/h4-11H2,1-3H3,(H,14,16). The predicted octanol–water partition coefficient (Wildman–Crippen LogP) is 2.02. The van der Waals surface area contributed by atoms with Gasteiger partial charge in [-0.3, -0.25) is 4.79 Å². The van der Waals surface area contributed by atoms with Gasteiger partial charge in [-0.25, -0.2) is 0 Å². The number of carbonyl (C=O) groups excluding carboxylic acids is 1. The molecular weight excluding hydrogens is 200 g/mol. The molecule has 0 unspecified atom stereocenters. The van der Waals surface area contributed by atoms with Crippen LogP contribution >= 0.6 is 0 Å². The molecule has 1 heterocycles. The molecule has 0 saturated carbocycles. The number of hydrogen-bond donors (Lipinski definition) is 1. The second-order valence-electron chi connectivity index (χ2n) is 5.99. The topological polar surface area (TPSA) is 32.3 Å². The first-order valence-corrected chi connectivity index (χ1v) is 6.46. The Bertz CT molecular complexity index is 214. The van der Waals surface area contributed by atoms with E-state index in [0.717, 1.165) is 13.1 Å². The summed E-state index contributed by atoms with van der Waals surface area (Å²) in [5.74, 6) is 0.185. The third-order valence-corrected chi connectivity index (χ3v) is 2.89. The van der Waals surface area contributed by atoms with E-state index in [4.69, 9.17) is 0 Å². The molecule has 1 fully saturated rings. The molecule has 0 aromatic rings. The highest BCUT2D eigenvalue weighted by Gasteiger charge is 2.16. The first-order chi connectivity index (χ1) is 7.47. The summed E-state index contributed by atoms with van der Waals surface area (Å²) in [7, 11) is 0. The molecule has 0 radical (unpaired) electrons. The Kier molecular flexibility index (Phi) is 5.26. The van der Waals surface area contributed by atoms with E-state index in [0.29, 0.717) is 6.42 Å². The fourth-order valence-electron chi connectivity index (χ4n) is 2.08. The zero-order chi connectivity index (χ0) is 12.0. The molecule has 1 amide bonds. The second-order valence-corrected chi connectivity index (χ2v) is 5.99. The van der Waals surface area contributed by atoms with Gasteiger partial charge in [0.05, 0.1) is 0 Å². The van der Waals surface area contributed by atoms with E-state index >= 15 is 0 Å². The molecule has 1 rings (SSSR count). The first kappa shape index (κ1) is 13.5. The smallest absolute Gasteiger partial charge is 0.220 e. The van der Waals surface area contributed by atoms with Crippen molar-refractivity contribution in [2.75, 3.05) is 26.2 Å². The number of rotatable bonds is 4. The van der Waals surface area contributed by atoms with E-state index in [-0.39, 0.29) is 11.3 Å². The van der Waals surface area contributed by atoms with Crippen molar-refractivity contribution >= 4 is 5.91 Å². The van der Waals surface area contributed by atoms with Gasteiger partial charge in [-0.05, 0) is 31.3 Å². The first-order valence-electron chi connectivity index (χ1n) is 6.46. The average molecular weight is 226 g/mol. The maximum atomic E-state index is 11.6. The highest BCUT2D eigenvalue weighted by Crippen LogP contribution is 2.17. The number of hydrogen-bond acceptors (Lipinski definition) is 2. The third kappa shape index (κ3) is 6.11. The molecule has 0 bridgehead atoms. The molecule has 1 N–H and O–H groups in total. The Morgan fingerprint density at radius 2 is 1.81 bits per heavy atom. The summed E-state index contributed by atoms with van der Waals surface area (Å²) in [6.07, 6.45) is 4.62. The van der Waals surface area contributed by atoms with Crippen LogP contribution in [0.3, 0.4) is 0 Å². The van der Waals surface area contributed by atoms with Crippen LogP contribution in [0.1, 0.15) is 46.5 Å². The Labute approximate surface area is 99.6 Å². The lowest BCUT2D eigenvalue weighted by Crippen LogP contribution is -2.38. The minimum absolute atomic E-state index is 0.0925. The lowest BCUT2D eigenvalue weighted by atomic mass is 9.92. The van der Waals surface area contributed by atoms with Crippen LogP contribution in [0.4, 0.5) is 0 Å². The number of carbonyl (C=O) groups is 1. The highest BCUT2D eigenvalue weighted by molar-refractivity contribution is 5.76. The van der Waals surface area contributed by atoms with Gasteiger partial charge in [-0.2, -0.15) is 0 Å². The molecular formula is C13H26N2O. The molecule has 0 atom stereocenters. The van der Waals surface area contributed by atoms with E-state index in [2.05, 4.69) is 31.0 Å². The van der Waals surface area contributed by atoms with Crippen LogP contribution in [0.5, 0.6) is 0 Å². The van der Waals surface area contributed by atoms with E-state index in [9.17, 15) is 4.79 Å². The second kappa shape index (κ2) is 6.24. The van der Waals surface area contributed by atoms with Crippen molar-refractivity contribution in [2.45, 2.75) is 46.5 Å². The summed E-state index contributed by atoms with van der Waals surface area (Å²) in [4.78, 5) is 14.0. The molecule has 0 aromatic carbocycles. The fourth-order valence-corrected chi connectivity index (χ4v) is 2.08. The summed E-state index contributed by atoms with van der Waals surface area (Å²) in [5.41, 5.74) is 0.0925. The molecule has 1 aliphatic heterocycles. The van der Waals surface area contributed by atoms with Gasteiger partial charge in [-0.15, -0.1) is 0 Å². The average Bonchev–Trinajstić information content (AvgIpc) is 2.16. The van der Waals surface area contributed by atoms with Gasteiger partial charge < -0.3 is 10.2 Å². The van der Waals surface area contributed by atoms with Gasteiger partial charge in [-0.1, -0.05) is 27.2 Å². The quantitative estimate of drug-likeness (QED) is 0.795. The Morgan fingerprint density at radius 1 is 1.19 bits per heavy atom. The highest BCUT2D eigenvalue weighted by atomic mass is 16.1. The van der Waals surface area contributed by atoms with Crippen molar-refractivity contribution in [3.63, 3.8) is 0 Å². The number of likely N-dealkylation sites (tertiary alicyclic amines) is 1. The normalized spacial score (nSPS) is 18.4. The van der Waals surface area contributed by atoms with Crippen LogP contribution < -0.4 is 5.32 Å². The molecule has 1 aliphatic rings. The number of piperidine rings is 1. The number of nitrogens with one attached hydrogen (secondary N) is 1. The maximum absolute atomic E-state index is 11.6. The Morgan fingerprint density at radius 3 is 2.38 bits per heavy atom. The van der Waals surface area contributed by atoms with Gasteiger partial charge in [0.1, 0.15) is 0 Å². The minimum Gasteiger partial charge on any atom is -0.355 e. The zero-order valence-corrected chi connectivity index (χ0v) is 11.0. The third-order valence-electron chi connectivity index (χ3n) is 2.89. The van der Waals surface area contributed by atoms with Gasteiger partial charge in [0.25, 0.3) is 0 Å². The van der Waals surface area contributed by atoms with E-state index in [1.54, 1.807) is 0 Å². The van der Waals surface area contributed by atoms with Crippen LogP contribution in [0.15, 0.2) is 0 Å². The molecule has 16 heavy (non-hydrogen) atoms. The minimum atomic E-state index is 0.0925. The summed E-state index contributed by atoms with van der Waals surface area (Å²) in [5, 5.41) is 3.01. The monoisotopic (exact) mass is 226 g/mol. The summed E-state index contributed by atoms with van der Waals surface area (Å²) in [6, 6.07) is 0. The molecule has 3 heteroatoms. The summed E-state index contributed by atoms with van der Waals surface area (Å²) >= 11 is 0. The molecule has 0 spiro atoms. The summed E-state index contributed by atoms with van der Waals surface area (Å²) < 4.78 is 0. The molecule has 3 nitrogen and oxygen atoms in total. The molecule has 1 saturated heterocycles. The number of amides is 1. The van der Waals surface area contributed by atoms with Crippen molar-refractivity contribution in [1.82, 2.24) is 10.2 Å². The molecule has 0 aliphatic carbocycles. The van der Waals surface area contributed by atoms with Crippen molar-refractivity contribution in [2.24, 2.45) is 5.41 Å². The van der Waals surface area contributed by atoms with E-state index in [1.807, 2.05) is 0 Å². The molecule has 0 aromatic heterocycles. The van der Waals surface area contributed by atoms with Crippen LogP contribution in [-0.2, 0) is 4.79 Å². The van der Waals surface area contributed by atoms with Gasteiger partial charge in [0.2, 0.25) is 5.91 Å². The zero-order valence-electron chi connectivity index (χ0n) is 11.0. The van der Waals surface area contributed by atoms with Crippen LogP contribution in [-0.4, -0.2) is 37.0 Å². The number of nitrogens with zero attached hydrogens (tertiary/aromatic N) is 1. The van der Waals surface area contributed by atoms with Gasteiger partial charge in [0.15, 0.2) is 0 Å². The van der Waals surface area contributed by atoms with Crippen LogP contribution in [0, 0.1) is 5.41 Å². The van der Waals surface area contributed by atoms with Crippen molar-refractivity contribution in [3.05, 3.63) is 0 Å². The van der Waals surface area contributed by atoms with E-state index < -0.39 is 0 Å². The van der Waals surface area contributed by atoms with Crippen molar-refractivity contribution in [1.29, 1.82) is 0 Å². The Balaban J connectivity index is 2.08.